The van der Waals surface area contributed by atoms with Crippen molar-refractivity contribution in [3.05, 3.63) is 58.6 Å². The third-order valence-electron chi connectivity index (χ3n) is 4.07. The van der Waals surface area contributed by atoms with Gasteiger partial charge in [-0.25, -0.2) is 10.1 Å². The fourth-order valence-corrected chi connectivity index (χ4v) is 3.32. The van der Waals surface area contributed by atoms with Gasteiger partial charge in [-0.1, -0.05) is 35.5 Å². The standard InChI is InChI=1S/C19H17ClF3N7O2S/c1-32-15-5-3-2-4-11(15)9-25-27-17-28-29-18(30(17)24)33-10-16(31)26-14-8-12(19(21,22)23)6-7-13(14)20/h2-9H,10,24H2,1H3,(H,26,31)(H,27,28)/b25-9+. The Labute approximate surface area is 195 Å². The monoisotopic (exact) mass is 499 g/mol. The second-order valence-corrected chi connectivity index (χ2v) is 7.67. The Hall–Kier alpha value is -3.45. The van der Waals surface area contributed by atoms with Crippen molar-refractivity contribution in [1.29, 1.82) is 0 Å². The van der Waals surface area contributed by atoms with Crippen molar-refractivity contribution >= 4 is 47.1 Å². The summed E-state index contributed by atoms with van der Waals surface area (Å²) in [4.78, 5) is 12.2. The molecular weight excluding hydrogens is 483 g/mol. The summed E-state index contributed by atoms with van der Waals surface area (Å²) in [6.45, 7) is 0. The second kappa shape index (κ2) is 10.4. The van der Waals surface area contributed by atoms with E-state index in [1.807, 2.05) is 12.1 Å². The predicted molar refractivity (Wildman–Crippen MR) is 120 cm³/mol. The van der Waals surface area contributed by atoms with Gasteiger partial charge in [0.25, 0.3) is 5.95 Å². The number of alkyl halides is 3. The van der Waals surface area contributed by atoms with E-state index in [9.17, 15) is 18.0 Å². The molecule has 1 heterocycles. The number of nitrogens with two attached hydrogens (primary N) is 1. The Balaban J connectivity index is 1.58. The van der Waals surface area contributed by atoms with Gasteiger partial charge in [-0.15, -0.1) is 10.2 Å². The summed E-state index contributed by atoms with van der Waals surface area (Å²) in [5.74, 6) is 5.82. The zero-order valence-electron chi connectivity index (χ0n) is 16.9. The first-order chi connectivity index (χ1) is 15.7. The molecule has 0 fully saturated rings. The molecule has 0 spiro atoms. The molecule has 0 saturated carbocycles. The van der Waals surface area contributed by atoms with Gasteiger partial charge >= 0.3 is 6.18 Å². The summed E-state index contributed by atoms with van der Waals surface area (Å²) in [5, 5.41) is 14.2. The minimum atomic E-state index is -4.56. The van der Waals surface area contributed by atoms with E-state index >= 15 is 0 Å². The number of halogens is 4. The number of rotatable bonds is 8. The number of carbonyl (C=O) groups is 1. The number of amides is 1. The summed E-state index contributed by atoms with van der Waals surface area (Å²) in [6.07, 6.45) is -3.06. The third kappa shape index (κ3) is 6.29. The molecular formula is C19H17ClF3N7O2S. The van der Waals surface area contributed by atoms with Crippen molar-refractivity contribution in [3.63, 3.8) is 0 Å². The first-order valence-corrected chi connectivity index (χ1v) is 10.5. The van der Waals surface area contributed by atoms with E-state index in [-0.39, 0.29) is 27.6 Å². The quantitative estimate of drug-likeness (QED) is 0.186. The maximum absolute atomic E-state index is 12.9. The van der Waals surface area contributed by atoms with Crippen molar-refractivity contribution in [3.8, 4) is 5.75 Å². The zero-order valence-corrected chi connectivity index (χ0v) is 18.5. The van der Waals surface area contributed by atoms with Crippen LogP contribution in [0, 0.1) is 0 Å². The number of hydrogen-bond donors (Lipinski definition) is 3. The molecule has 0 bridgehead atoms. The first kappa shape index (κ1) is 24.2. The maximum atomic E-state index is 12.9. The molecule has 0 unspecified atom stereocenters. The van der Waals surface area contributed by atoms with Crippen LogP contribution in [0.15, 0.2) is 52.7 Å². The average Bonchev–Trinajstić information content (AvgIpc) is 3.13. The highest BCUT2D eigenvalue weighted by Gasteiger charge is 2.31. The van der Waals surface area contributed by atoms with Crippen LogP contribution in [0.4, 0.5) is 24.8 Å². The van der Waals surface area contributed by atoms with Crippen molar-refractivity contribution in [2.75, 3.05) is 29.4 Å². The Morgan fingerprint density at radius 2 is 2.06 bits per heavy atom. The Morgan fingerprint density at radius 3 is 2.79 bits per heavy atom. The maximum Gasteiger partial charge on any atom is 0.416 e. The number of thioether (sulfide) groups is 1. The molecule has 0 radical (unpaired) electrons. The van der Waals surface area contributed by atoms with Crippen LogP contribution in [0.1, 0.15) is 11.1 Å². The number of nitrogen functional groups attached to an aromatic ring is 1. The molecule has 1 amide bonds. The minimum absolute atomic E-state index is 0.0252. The van der Waals surface area contributed by atoms with Crippen molar-refractivity contribution in [2.45, 2.75) is 11.3 Å². The summed E-state index contributed by atoms with van der Waals surface area (Å²) in [6, 6.07) is 9.87. The van der Waals surface area contributed by atoms with Crippen LogP contribution in [0.25, 0.3) is 0 Å². The number of aromatic nitrogens is 3. The third-order valence-corrected chi connectivity index (χ3v) is 5.34. The Morgan fingerprint density at radius 1 is 1.30 bits per heavy atom. The molecule has 3 aromatic rings. The largest absolute Gasteiger partial charge is 0.496 e. The molecule has 4 N–H and O–H groups in total. The minimum Gasteiger partial charge on any atom is -0.496 e. The van der Waals surface area contributed by atoms with Crippen LogP contribution in [-0.4, -0.2) is 39.9 Å². The van der Waals surface area contributed by atoms with Crippen LogP contribution < -0.4 is 21.3 Å². The molecule has 14 heteroatoms. The van der Waals surface area contributed by atoms with E-state index in [0.29, 0.717) is 5.75 Å². The SMILES string of the molecule is COc1ccccc1/C=N/Nc1nnc(SCC(=O)Nc2cc(C(F)(F)F)ccc2Cl)n1N. The van der Waals surface area contributed by atoms with E-state index < -0.39 is 17.6 Å². The van der Waals surface area contributed by atoms with E-state index in [2.05, 4.69) is 26.0 Å². The molecule has 9 nitrogen and oxygen atoms in total. The fraction of sp³-hybridized carbons (Fsp3) is 0.158. The lowest BCUT2D eigenvalue weighted by Crippen LogP contribution is -2.17. The highest BCUT2D eigenvalue weighted by molar-refractivity contribution is 7.99. The number of nitrogens with zero attached hydrogens (tertiary/aromatic N) is 4. The number of nitrogens with one attached hydrogen (secondary N) is 2. The van der Waals surface area contributed by atoms with Gasteiger partial charge in [0.05, 0.1) is 35.4 Å². The highest BCUT2D eigenvalue weighted by Crippen LogP contribution is 2.34. The van der Waals surface area contributed by atoms with E-state index in [1.54, 1.807) is 12.1 Å². The van der Waals surface area contributed by atoms with Gasteiger partial charge in [0.2, 0.25) is 11.1 Å². The first-order valence-electron chi connectivity index (χ1n) is 9.11. The van der Waals surface area contributed by atoms with Gasteiger partial charge in [-0.3, -0.25) is 4.79 Å². The number of hydrogen-bond acceptors (Lipinski definition) is 8. The van der Waals surface area contributed by atoms with Gasteiger partial charge in [-0.05, 0) is 30.3 Å². The highest BCUT2D eigenvalue weighted by atomic mass is 35.5. The number of benzene rings is 2. The van der Waals surface area contributed by atoms with E-state index in [0.717, 1.165) is 40.2 Å². The predicted octanol–water partition coefficient (Wildman–Crippen LogP) is 3.85. The van der Waals surface area contributed by atoms with Crippen LogP contribution in [0.3, 0.4) is 0 Å². The molecule has 0 aliphatic heterocycles. The van der Waals surface area contributed by atoms with Crippen molar-refractivity contribution < 1.29 is 22.7 Å². The van der Waals surface area contributed by atoms with Gasteiger partial charge < -0.3 is 15.9 Å². The lowest BCUT2D eigenvalue weighted by atomic mass is 10.2. The number of ether oxygens (including phenoxy) is 1. The molecule has 0 saturated heterocycles. The Kier molecular flexibility index (Phi) is 7.66. The molecule has 174 valence electrons. The Bertz CT molecular complexity index is 1170. The summed E-state index contributed by atoms with van der Waals surface area (Å²) < 4.78 is 44.9. The summed E-state index contributed by atoms with van der Waals surface area (Å²) >= 11 is 6.80. The normalized spacial score (nSPS) is 11.5. The van der Waals surface area contributed by atoms with Crippen LogP contribution in [0.5, 0.6) is 5.75 Å². The van der Waals surface area contributed by atoms with Crippen molar-refractivity contribution in [1.82, 2.24) is 14.9 Å². The molecule has 33 heavy (non-hydrogen) atoms. The number of anilines is 2. The molecule has 3 rings (SSSR count). The van der Waals surface area contributed by atoms with Crippen LogP contribution in [0.2, 0.25) is 5.02 Å². The summed E-state index contributed by atoms with van der Waals surface area (Å²) in [5.41, 5.74) is 2.26. The van der Waals surface area contributed by atoms with Gasteiger partial charge in [0, 0.05) is 5.56 Å². The average molecular weight is 500 g/mol. The van der Waals surface area contributed by atoms with Crippen molar-refractivity contribution in [2.24, 2.45) is 5.10 Å². The topological polar surface area (TPSA) is 119 Å². The lowest BCUT2D eigenvalue weighted by molar-refractivity contribution is -0.137. The van der Waals surface area contributed by atoms with E-state index in [4.69, 9.17) is 22.2 Å². The smallest absolute Gasteiger partial charge is 0.416 e. The van der Waals surface area contributed by atoms with Gasteiger partial charge in [-0.2, -0.15) is 18.3 Å². The van der Waals surface area contributed by atoms with Crippen LogP contribution in [-0.2, 0) is 11.0 Å². The molecule has 0 aliphatic rings. The second-order valence-electron chi connectivity index (χ2n) is 6.32. The molecule has 2 aromatic carbocycles. The number of methoxy groups -OCH3 is 1. The zero-order chi connectivity index (χ0) is 24.0. The van der Waals surface area contributed by atoms with Gasteiger partial charge in [0.15, 0.2) is 0 Å². The van der Waals surface area contributed by atoms with E-state index in [1.165, 1.54) is 13.3 Å². The van der Waals surface area contributed by atoms with Gasteiger partial charge in [0.1, 0.15) is 5.75 Å². The molecule has 1 aromatic heterocycles. The fourth-order valence-electron chi connectivity index (χ4n) is 2.50. The lowest BCUT2D eigenvalue weighted by Gasteiger charge is -2.11. The molecule has 0 aliphatic carbocycles. The number of carbonyl (C=O) groups excluding carboxylic acids is 1. The number of para-hydroxylation sites is 1. The summed E-state index contributed by atoms with van der Waals surface area (Å²) in [7, 11) is 1.54. The molecule has 0 atom stereocenters. The van der Waals surface area contributed by atoms with Crippen LogP contribution >= 0.6 is 23.4 Å². The number of hydrazone groups is 1.